The van der Waals surface area contributed by atoms with E-state index in [1.807, 2.05) is 85.7 Å². The molecule has 1 aromatic carbocycles. The van der Waals surface area contributed by atoms with Crippen molar-refractivity contribution in [1.82, 2.24) is 9.97 Å². The van der Waals surface area contributed by atoms with Gasteiger partial charge in [0, 0.05) is 16.4 Å². The fraction of sp³-hybridized carbons (Fsp3) is 0.478. The van der Waals surface area contributed by atoms with E-state index in [4.69, 9.17) is 4.98 Å². The molecule has 0 saturated heterocycles. The maximum atomic E-state index is 13.2. The fourth-order valence-electron chi connectivity index (χ4n) is 3.02. The van der Waals surface area contributed by atoms with Crippen LogP contribution in [0.3, 0.4) is 0 Å². The van der Waals surface area contributed by atoms with Crippen molar-refractivity contribution in [2.75, 3.05) is 0 Å². The minimum Gasteiger partial charge on any atom is -0.298 e. The normalized spacial score (nSPS) is 12.3. The number of hydrogen-bond acceptors (Lipinski definition) is 4. The highest BCUT2D eigenvalue weighted by atomic mass is 16.2. The number of aryl methyl sites for hydroxylation is 2. The van der Waals surface area contributed by atoms with Crippen LogP contribution in [-0.2, 0) is 9.59 Å². The van der Waals surface area contributed by atoms with Gasteiger partial charge in [0.05, 0.1) is 22.8 Å². The zero-order valence-corrected chi connectivity index (χ0v) is 17.7. The van der Waals surface area contributed by atoms with Gasteiger partial charge in [-0.05, 0) is 13.8 Å². The van der Waals surface area contributed by atoms with Crippen LogP contribution in [0.2, 0.25) is 0 Å². The van der Waals surface area contributed by atoms with E-state index in [-0.39, 0.29) is 11.6 Å². The second kappa shape index (κ2) is 7.34. The first-order valence-electron chi connectivity index (χ1n) is 9.33. The third kappa shape index (κ3) is 4.49. The number of nitrogens with zero attached hydrogens (tertiary/aromatic N) is 2. The summed E-state index contributed by atoms with van der Waals surface area (Å²) in [6, 6.07) is 9.74. The third-order valence-corrected chi connectivity index (χ3v) is 4.60. The summed E-state index contributed by atoms with van der Waals surface area (Å²) in [7, 11) is 0. The Hall–Kier alpha value is -2.36. The summed E-state index contributed by atoms with van der Waals surface area (Å²) in [5.41, 5.74) is 2.22. The quantitative estimate of drug-likeness (QED) is 0.709. The summed E-state index contributed by atoms with van der Waals surface area (Å²) in [6.45, 7) is 14.8. The highest BCUT2D eigenvalue weighted by molar-refractivity contribution is 6.11. The SMILES string of the molecule is Cc1nc(C)c(C(C(=O)C(C)(C)C)C(=O)C(C)(C)C)nc1-c1ccccc1. The summed E-state index contributed by atoms with van der Waals surface area (Å²) in [6.07, 6.45) is 0. The van der Waals surface area contributed by atoms with Crippen molar-refractivity contribution >= 4 is 11.6 Å². The minimum atomic E-state index is -0.916. The molecular formula is C23H30N2O2. The molecule has 0 unspecified atom stereocenters. The van der Waals surface area contributed by atoms with Crippen molar-refractivity contribution in [1.29, 1.82) is 0 Å². The number of aromatic nitrogens is 2. The Morgan fingerprint density at radius 2 is 1.26 bits per heavy atom. The largest absolute Gasteiger partial charge is 0.298 e. The molecule has 1 aromatic heterocycles. The molecule has 0 N–H and O–H groups in total. The van der Waals surface area contributed by atoms with Crippen LogP contribution >= 0.6 is 0 Å². The van der Waals surface area contributed by atoms with E-state index < -0.39 is 16.7 Å². The first-order chi connectivity index (χ1) is 12.3. The summed E-state index contributed by atoms with van der Waals surface area (Å²) < 4.78 is 0. The second-order valence-corrected chi connectivity index (χ2v) is 9.16. The van der Waals surface area contributed by atoms with Crippen LogP contribution in [0.5, 0.6) is 0 Å². The Morgan fingerprint density at radius 1 is 0.778 bits per heavy atom. The van der Waals surface area contributed by atoms with Gasteiger partial charge in [-0.3, -0.25) is 14.6 Å². The van der Waals surface area contributed by atoms with Crippen molar-refractivity contribution < 1.29 is 9.59 Å². The average molecular weight is 367 g/mol. The van der Waals surface area contributed by atoms with Gasteiger partial charge >= 0.3 is 0 Å². The summed E-state index contributed by atoms with van der Waals surface area (Å²) in [4.78, 5) is 35.9. The maximum Gasteiger partial charge on any atom is 0.154 e. The minimum absolute atomic E-state index is 0.123. The van der Waals surface area contributed by atoms with Crippen LogP contribution in [0.1, 0.15) is 64.5 Å². The first kappa shape index (κ1) is 20.9. The van der Waals surface area contributed by atoms with Crippen LogP contribution in [0.15, 0.2) is 30.3 Å². The monoisotopic (exact) mass is 366 g/mol. The molecule has 0 aliphatic rings. The lowest BCUT2D eigenvalue weighted by Crippen LogP contribution is -2.38. The van der Waals surface area contributed by atoms with E-state index >= 15 is 0 Å². The zero-order chi connectivity index (χ0) is 20.6. The van der Waals surface area contributed by atoms with Crippen molar-refractivity contribution in [3.05, 3.63) is 47.4 Å². The van der Waals surface area contributed by atoms with E-state index in [0.29, 0.717) is 17.1 Å². The lowest BCUT2D eigenvalue weighted by Gasteiger charge is -2.29. The van der Waals surface area contributed by atoms with Crippen molar-refractivity contribution in [2.45, 2.75) is 61.3 Å². The average Bonchev–Trinajstić information content (AvgIpc) is 2.55. The van der Waals surface area contributed by atoms with Crippen LogP contribution < -0.4 is 0 Å². The standard InChI is InChI=1S/C23H30N2O2/c1-14-18(16-12-10-9-11-13-16)25-19(15(2)24-14)17(20(26)22(3,4)5)21(27)23(6,7)8/h9-13,17H,1-8H3. The van der Waals surface area contributed by atoms with Crippen molar-refractivity contribution in [3.8, 4) is 11.3 Å². The number of carbonyl (C=O) groups excluding carboxylic acids is 2. The lowest BCUT2D eigenvalue weighted by molar-refractivity contribution is -0.137. The smallest absolute Gasteiger partial charge is 0.154 e. The highest BCUT2D eigenvalue weighted by Gasteiger charge is 2.42. The van der Waals surface area contributed by atoms with Crippen molar-refractivity contribution in [2.24, 2.45) is 10.8 Å². The maximum absolute atomic E-state index is 13.2. The molecule has 0 aliphatic heterocycles. The van der Waals surface area contributed by atoms with Gasteiger partial charge in [0.1, 0.15) is 5.92 Å². The summed E-state index contributed by atoms with van der Waals surface area (Å²) >= 11 is 0. The number of benzene rings is 1. The predicted octanol–water partition coefficient (Wildman–Crippen LogP) is 5.07. The predicted molar refractivity (Wildman–Crippen MR) is 109 cm³/mol. The number of ketones is 2. The Morgan fingerprint density at radius 3 is 1.70 bits per heavy atom. The Bertz CT molecular complexity index is 830. The number of Topliss-reactive ketones (excluding diaryl/α,β-unsaturated/α-hetero) is 2. The van der Waals surface area contributed by atoms with Gasteiger partial charge in [-0.2, -0.15) is 0 Å². The first-order valence-corrected chi connectivity index (χ1v) is 9.33. The van der Waals surface area contributed by atoms with E-state index in [1.54, 1.807) is 0 Å². The Balaban J connectivity index is 2.72. The third-order valence-electron chi connectivity index (χ3n) is 4.60. The summed E-state index contributed by atoms with van der Waals surface area (Å²) in [5.74, 6) is -1.16. The molecule has 0 saturated carbocycles. The highest BCUT2D eigenvalue weighted by Crippen LogP contribution is 2.35. The molecular weight excluding hydrogens is 336 g/mol. The van der Waals surface area contributed by atoms with E-state index in [2.05, 4.69) is 4.98 Å². The molecule has 27 heavy (non-hydrogen) atoms. The van der Waals surface area contributed by atoms with E-state index in [0.717, 1.165) is 11.3 Å². The Labute approximate surface area is 162 Å². The Kier molecular flexibility index (Phi) is 5.69. The molecule has 0 amide bonds. The van der Waals surface area contributed by atoms with Crippen LogP contribution in [-0.4, -0.2) is 21.5 Å². The molecule has 0 fully saturated rings. The fourth-order valence-corrected chi connectivity index (χ4v) is 3.02. The van der Waals surface area contributed by atoms with Crippen LogP contribution in [0.4, 0.5) is 0 Å². The van der Waals surface area contributed by atoms with E-state index in [9.17, 15) is 9.59 Å². The van der Waals surface area contributed by atoms with Gasteiger partial charge in [0.25, 0.3) is 0 Å². The summed E-state index contributed by atoms with van der Waals surface area (Å²) in [5, 5.41) is 0. The van der Waals surface area contributed by atoms with Gasteiger partial charge in [-0.1, -0.05) is 71.9 Å². The molecule has 0 atom stereocenters. The van der Waals surface area contributed by atoms with Gasteiger partial charge < -0.3 is 0 Å². The molecule has 0 spiro atoms. The van der Waals surface area contributed by atoms with Gasteiger partial charge in [0.15, 0.2) is 11.6 Å². The van der Waals surface area contributed by atoms with E-state index in [1.165, 1.54) is 0 Å². The molecule has 4 heteroatoms. The number of carbonyl (C=O) groups is 2. The molecule has 0 aliphatic carbocycles. The van der Waals surface area contributed by atoms with Crippen LogP contribution in [0, 0.1) is 24.7 Å². The van der Waals surface area contributed by atoms with Gasteiger partial charge in [-0.25, -0.2) is 4.98 Å². The number of hydrogen-bond donors (Lipinski definition) is 0. The molecule has 0 radical (unpaired) electrons. The molecule has 4 nitrogen and oxygen atoms in total. The molecule has 144 valence electrons. The topological polar surface area (TPSA) is 59.9 Å². The zero-order valence-electron chi connectivity index (χ0n) is 17.7. The second-order valence-electron chi connectivity index (χ2n) is 9.16. The molecule has 2 aromatic rings. The van der Waals surface area contributed by atoms with Gasteiger partial charge in [-0.15, -0.1) is 0 Å². The number of rotatable bonds is 4. The molecule has 1 heterocycles. The molecule has 2 rings (SSSR count). The molecule has 0 bridgehead atoms. The van der Waals surface area contributed by atoms with Crippen LogP contribution in [0.25, 0.3) is 11.3 Å². The lowest BCUT2D eigenvalue weighted by atomic mass is 9.73. The van der Waals surface area contributed by atoms with Crippen molar-refractivity contribution in [3.63, 3.8) is 0 Å². The van der Waals surface area contributed by atoms with Gasteiger partial charge in [0.2, 0.25) is 0 Å².